The molecule has 0 fully saturated rings. The zero-order chi connectivity index (χ0) is 11.7. The van der Waals surface area contributed by atoms with E-state index in [1.54, 1.807) is 11.8 Å². The Balaban J connectivity index is 2.31. The summed E-state index contributed by atoms with van der Waals surface area (Å²) in [6, 6.07) is 12.5. The monoisotopic (exact) mass is 240 g/mol. The number of nitrogens with zero attached hydrogens (tertiary/aromatic N) is 1. The van der Waals surface area contributed by atoms with Crippen LogP contribution in [0.3, 0.4) is 0 Å². The lowest BCUT2D eigenvalue weighted by Gasteiger charge is -2.02. The molecule has 2 nitrogen and oxygen atoms in total. The van der Waals surface area contributed by atoms with Gasteiger partial charge < -0.3 is 4.98 Å². The summed E-state index contributed by atoms with van der Waals surface area (Å²) in [6.45, 7) is 0. The van der Waals surface area contributed by atoms with Gasteiger partial charge in [0.05, 0.1) is 0 Å². The molecule has 0 aliphatic rings. The smallest absolute Gasteiger partial charge is 0.138 e. The maximum Gasteiger partial charge on any atom is 0.138 e. The number of aromatic amines is 1. The number of aromatic nitrogens is 2. The van der Waals surface area contributed by atoms with Gasteiger partial charge in [-0.15, -0.1) is 11.8 Å². The van der Waals surface area contributed by atoms with Gasteiger partial charge in [0, 0.05) is 28.2 Å². The van der Waals surface area contributed by atoms with E-state index in [0.717, 1.165) is 5.65 Å². The second-order valence-electron chi connectivity index (χ2n) is 3.81. The molecule has 1 aromatic carbocycles. The lowest BCUT2D eigenvalue weighted by molar-refractivity contribution is 1.30. The van der Waals surface area contributed by atoms with E-state index in [-0.39, 0.29) is 0 Å². The number of hydrogen-bond donors (Lipinski definition) is 1. The highest BCUT2D eigenvalue weighted by atomic mass is 32.2. The van der Waals surface area contributed by atoms with Crippen LogP contribution in [0.2, 0.25) is 0 Å². The first-order chi connectivity index (χ1) is 8.40. The fourth-order valence-corrected chi connectivity index (χ4v) is 2.65. The number of thioether (sulfide) groups is 1. The molecule has 0 atom stereocenters. The third-order valence-electron chi connectivity index (χ3n) is 2.84. The lowest BCUT2D eigenvalue weighted by atomic mass is 10.1. The van der Waals surface area contributed by atoms with E-state index in [2.05, 4.69) is 46.6 Å². The number of pyridine rings is 1. The molecule has 0 aliphatic carbocycles. The van der Waals surface area contributed by atoms with E-state index in [9.17, 15) is 0 Å². The second-order valence-corrected chi connectivity index (χ2v) is 4.65. The standard InChI is InChI=1S/C14H12N2S/c1-17-12-7-8-15-14-13(12)11(9-16-14)10-5-3-2-4-6-10/h2-9H,1H3,(H,15,16). The number of H-pyrrole nitrogens is 1. The summed E-state index contributed by atoms with van der Waals surface area (Å²) in [7, 11) is 0. The first kappa shape index (κ1) is 10.4. The van der Waals surface area contributed by atoms with Gasteiger partial charge in [0.1, 0.15) is 5.65 Å². The molecule has 84 valence electrons. The Morgan fingerprint density at radius 3 is 2.71 bits per heavy atom. The average molecular weight is 240 g/mol. The van der Waals surface area contributed by atoms with Gasteiger partial charge in [-0.3, -0.25) is 0 Å². The van der Waals surface area contributed by atoms with Gasteiger partial charge in [-0.1, -0.05) is 30.3 Å². The molecule has 2 aromatic heterocycles. The molecule has 0 aliphatic heterocycles. The van der Waals surface area contributed by atoms with Gasteiger partial charge in [-0.2, -0.15) is 0 Å². The first-order valence-corrected chi connectivity index (χ1v) is 6.68. The molecule has 0 saturated carbocycles. The molecule has 0 radical (unpaired) electrons. The van der Waals surface area contributed by atoms with Crippen LogP contribution in [0.15, 0.2) is 53.7 Å². The van der Waals surface area contributed by atoms with Crippen molar-refractivity contribution in [3.8, 4) is 11.1 Å². The third kappa shape index (κ3) is 1.72. The molecule has 3 aromatic rings. The zero-order valence-corrected chi connectivity index (χ0v) is 10.3. The number of hydrogen-bond acceptors (Lipinski definition) is 2. The molecular formula is C14H12N2S. The molecule has 2 heterocycles. The molecule has 17 heavy (non-hydrogen) atoms. The summed E-state index contributed by atoms with van der Waals surface area (Å²) in [4.78, 5) is 8.86. The van der Waals surface area contributed by atoms with E-state index in [4.69, 9.17) is 0 Å². The Morgan fingerprint density at radius 1 is 1.12 bits per heavy atom. The van der Waals surface area contributed by atoms with Crippen LogP contribution in [-0.4, -0.2) is 16.2 Å². The lowest BCUT2D eigenvalue weighted by Crippen LogP contribution is -1.80. The highest BCUT2D eigenvalue weighted by molar-refractivity contribution is 7.98. The van der Waals surface area contributed by atoms with E-state index < -0.39 is 0 Å². The van der Waals surface area contributed by atoms with Crippen LogP contribution in [0.25, 0.3) is 22.2 Å². The summed E-state index contributed by atoms with van der Waals surface area (Å²) < 4.78 is 0. The Bertz CT molecular complexity index is 644. The molecular weight excluding hydrogens is 228 g/mol. The van der Waals surface area contributed by atoms with Crippen molar-refractivity contribution in [1.29, 1.82) is 0 Å². The minimum atomic E-state index is 0.954. The summed E-state index contributed by atoms with van der Waals surface area (Å²) >= 11 is 1.75. The number of benzene rings is 1. The Hall–Kier alpha value is -1.74. The summed E-state index contributed by atoms with van der Waals surface area (Å²) in [5.41, 5.74) is 3.40. The number of nitrogens with one attached hydrogen (secondary N) is 1. The van der Waals surface area contributed by atoms with E-state index in [1.165, 1.54) is 21.4 Å². The van der Waals surface area contributed by atoms with Crippen molar-refractivity contribution >= 4 is 22.8 Å². The van der Waals surface area contributed by atoms with Crippen LogP contribution < -0.4 is 0 Å². The largest absolute Gasteiger partial charge is 0.345 e. The second kappa shape index (κ2) is 4.26. The number of rotatable bonds is 2. The van der Waals surface area contributed by atoms with Gasteiger partial charge in [-0.05, 0) is 17.9 Å². The Morgan fingerprint density at radius 2 is 1.94 bits per heavy atom. The SMILES string of the molecule is CSc1ccnc2[nH]cc(-c3ccccc3)c12. The molecule has 3 rings (SSSR count). The minimum absolute atomic E-state index is 0.954. The molecule has 0 spiro atoms. The molecule has 0 saturated heterocycles. The molecule has 3 heteroatoms. The molecule has 1 N–H and O–H groups in total. The summed E-state index contributed by atoms with van der Waals surface area (Å²) in [6.07, 6.45) is 5.97. The van der Waals surface area contributed by atoms with E-state index in [0.29, 0.717) is 0 Å². The highest BCUT2D eigenvalue weighted by Gasteiger charge is 2.10. The first-order valence-electron chi connectivity index (χ1n) is 5.45. The topological polar surface area (TPSA) is 28.7 Å². The minimum Gasteiger partial charge on any atom is -0.345 e. The Labute approximate surface area is 104 Å². The average Bonchev–Trinajstić information content (AvgIpc) is 2.83. The van der Waals surface area contributed by atoms with Crippen LogP contribution in [0, 0.1) is 0 Å². The number of fused-ring (bicyclic) bond motifs is 1. The van der Waals surface area contributed by atoms with Crippen molar-refractivity contribution in [2.45, 2.75) is 4.90 Å². The molecule has 0 bridgehead atoms. The van der Waals surface area contributed by atoms with E-state index >= 15 is 0 Å². The van der Waals surface area contributed by atoms with Crippen LogP contribution in [0.5, 0.6) is 0 Å². The van der Waals surface area contributed by atoms with Crippen molar-refractivity contribution in [1.82, 2.24) is 9.97 Å². The summed E-state index contributed by atoms with van der Waals surface area (Å²) in [5, 5.41) is 1.21. The fourth-order valence-electron chi connectivity index (χ4n) is 2.04. The predicted octanol–water partition coefficient (Wildman–Crippen LogP) is 3.95. The van der Waals surface area contributed by atoms with Crippen molar-refractivity contribution in [3.05, 3.63) is 48.8 Å². The predicted molar refractivity (Wildman–Crippen MR) is 73.3 cm³/mol. The zero-order valence-electron chi connectivity index (χ0n) is 9.47. The van der Waals surface area contributed by atoms with Crippen molar-refractivity contribution in [2.75, 3.05) is 6.26 Å². The third-order valence-corrected chi connectivity index (χ3v) is 3.62. The normalized spacial score (nSPS) is 10.9. The van der Waals surface area contributed by atoms with Crippen molar-refractivity contribution < 1.29 is 0 Å². The van der Waals surface area contributed by atoms with Gasteiger partial charge >= 0.3 is 0 Å². The molecule has 0 unspecified atom stereocenters. The summed E-state index contributed by atoms with van der Waals surface area (Å²) in [5.74, 6) is 0. The fraction of sp³-hybridized carbons (Fsp3) is 0.0714. The maximum atomic E-state index is 4.37. The van der Waals surface area contributed by atoms with Gasteiger partial charge in [0.25, 0.3) is 0 Å². The van der Waals surface area contributed by atoms with Gasteiger partial charge in [-0.25, -0.2) is 4.98 Å². The van der Waals surface area contributed by atoms with E-state index in [1.807, 2.05) is 18.5 Å². The van der Waals surface area contributed by atoms with Crippen LogP contribution in [0.4, 0.5) is 0 Å². The van der Waals surface area contributed by atoms with Gasteiger partial charge in [0.15, 0.2) is 0 Å². The van der Waals surface area contributed by atoms with Gasteiger partial charge in [0.2, 0.25) is 0 Å². The quantitative estimate of drug-likeness (QED) is 0.687. The Kier molecular flexibility index (Phi) is 2.61. The van der Waals surface area contributed by atoms with Crippen LogP contribution in [-0.2, 0) is 0 Å². The maximum absolute atomic E-state index is 4.37. The highest BCUT2D eigenvalue weighted by Crippen LogP contribution is 2.33. The molecule has 0 amide bonds. The van der Waals surface area contributed by atoms with Crippen LogP contribution in [0.1, 0.15) is 0 Å². The van der Waals surface area contributed by atoms with Crippen molar-refractivity contribution in [3.63, 3.8) is 0 Å². The van der Waals surface area contributed by atoms with Crippen LogP contribution >= 0.6 is 11.8 Å². The van der Waals surface area contributed by atoms with Crippen molar-refractivity contribution in [2.24, 2.45) is 0 Å².